The number of aliphatic hydroxyl groups excluding tert-OH is 1. The van der Waals surface area contributed by atoms with Crippen molar-refractivity contribution in [2.75, 3.05) is 20.8 Å². The third-order valence-corrected chi connectivity index (χ3v) is 4.20. The summed E-state index contributed by atoms with van der Waals surface area (Å²) in [5.74, 6) is 1.05. The van der Waals surface area contributed by atoms with Crippen molar-refractivity contribution in [1.82, 2.24) is 15.5 Å². The first kappa shape index (κ1) is 18.5. The molecule has 0 aliphatic carbocycles. The number of nitrogens with zero attached hydrogens (tertiary/aromatic N) is 1. The second-order valence-electron chi connectivity index (χ2n) is 5.89. The zero-order valence-corrected chi connectivity index (χ0v) is 15.1. The van der Waals surface area contributed by atoms with Gasteiger partial charge in [-0.2, -0.15) is 5.10 Å². The topological polar surface area (TPSA) is 96.5 Å². The number of methoxy groups -OCH3 is 2. The number of hydrogen-bond acceptors (Lipinski definition) is 5. The first-order valence-corrected chi connectivity index (χ1v) is 8.40. The van der Waals surface area contributed by atoms with Crippen LogP contribution < -0.4 is 14.8 Å². The lowest BCUT2D eigenvalue weighted by atomic mass is 10.1. The van der Waals surface area contributed by atoms with Crippen LogP contribution in [-0.4, -0.2) is 42.0 Å². The Kier molecular flexibility index (Phi) is 5.73. The lowest BCUT2D eigenvalue weighted by Gasteiger charge is -2.13. The number of hydrogen-bond donors (Lipinski definition) is 3. The summed E-state index contributed by atoms with van der Waals surface area (Å²) in [6, 6.07) is 14.4. The largest absolute Gasteiger partial charge is 0.497 e. The molecule has 140 valence electrons. The van der Waals surface area contributed by atoms with Crippen LogP contribution in [0.3, 0.4) is 0 Å². The molecule has 0 fully saturated rings. The fourth-order valence-electron chi connectivity index (χ4n) is 2.69. The van der Waals surface area contributed by atoms with E-state index in [1.165, 1.54) is 6.20 Å². The zero-order valence-electron chi connectivity index (χ0n) is 15.1. The third kappa shape index (κ3) is 4.27. The number of carbonyl (C=O) groups excluding carboxylic acids is 1. The molecule has 0 saturated heterocycles. The van der Waals surface area contributed by atoms with Crippen LogP contribution in [0.1, 0.15) is 22.0 Å². The molecule has 0 saturated carbocycles. The number of ether oxygens (including phenoxy) is 2. The molecule has 3 N–H and O–H groups in total. The van der Waals surface area contributed by atoms with Gasteiger partial charge in [-0.25, -0.2) is 0 Å². The van der Waals surface area contributed by atoms with E-state index in [1.54, 1.807) is 38.5 Å². The first-order chi connectivity index (χ1) is 13.1. The Labute approximate surface area is 157 Å². The molecule has 0 spiro atoms. The van der Waals surface area contributed by atoms with Crippen LogP contribution in [0.2, 0.25) is 0 Å². The minimum absolute atomic E-state index is 0.0687. The van der Waals surface area contributed by atoms with E-state index in [0.717, 1.165) is 11.3 Å². The van der Waals surface area contributed by atoms with Gasteiger partial charge in [-0.3, -0.25) is 9.89 Å². The molecule has 1 aromatic heterocycles. The van der Waals surface area contributed by atoms with Crippen molar-refractivity contribution in [3.8, 4) is 22.8 Å². The Balaban J connectivity index is 1.69. The first-order valence-electron chi connectivity index (χ1n) is 8.40. The number of amides is 1. The van der Waals surface area contributed by atoms with Crippen LogP contribution in [0.25, 0.3) is 11.3 Å². The average Bonchev–Trinajstić information content (AvgIpc) is 3.21. The molecular formula is C20H21N3O4. The van der Waals surface area contributed by atoms with Crippen LogP contribution in [-0.2, 0) is 0 Å². The van der Waals surface area contributed by atoms with Gasteiger partial charge in [0.1, 0.15) is 11.5 Å². The van der Waals surface area contributed by atoms with E-state index in [9.17, 15) is 9.90 Å². The zero-order chi connectivity index (χ0) is 19.2. The predicted octanol–water partition coefficient (Wildman–Crippen LogP) is 2.56. The minimum Gasteiger partial charge on any atom is -0.497 e. The second kappa shape index (κ2) is 8.37. The number of aromatic nitrogens is 2. The second-order valence-corrected chi connectivity index (χ2v) is 5.89. The van der Waals surface area contributed by atoms with Crippen molar-refractivity contribution >= 4 is 5.91 Å². The van der Waals surface area contributed by atoms with Crippen LogP contribution in [0.15, 0.2) is 54.7 Å². The van der Waals surface area contributed by atoms with E-state index in [0.29, 0.717) is 22.6 Å². The molecule has 1 atom stereocenters. The van der Waals surface area contributed by atoms with Gasteiger partial charge in [0.2, 0.25) is 0 Å². The average molecular weight is 367 g/mol. The standard InChI is InChI=1S/C20H21N3O4/c1-26-15-8-6-13(7-9-15)19-17(11-22-23-19)20(25)21-12-18(24)14-4-3-5-16(10-14)27-2/h3-11,18,24H,12H2,1-2H3,(H,21,25)(H,22,23). The van der Waals surface area contributed by atoms with Crippen molar-refractivity contribution in [1.29, 1.82) is 0 Å². The van der Waals surface area contributed by atoms with E-state index in [4.69, 9.17) is 9.47 Å². The molecule has 0 radical (unpaired) electrons. The summed E-state index contributed by atoms with van der Waals surface area (Å²) in [6.45, 7) is 0.0687. The summed E-state index contributed by atoms with van der Waals surface area (Å²) in [7, 11) is 3.16. The minimum atomic E-state index is -0.847. The SMILES string of the molecule is COc1ccc(-c2[nH]ncc2C(=O)NCC(O)c2cccc(OC)c2)cc1. The summed E-state index contributed by atoms with van der Waals surface area (Å²) in [5.41, 5.74) is 2.48. The van der Waals surface area contributed by atoms with Crippen LogP contribution in [0.5, 0.6) is 11.5 Å². The van der Waals surface area contributed by atoms with E-state index < -0.39 is 6.10 Å². The molecule has 7 heteroatoms. The van der Waals surface area contributed by atoms with Gasteiger partial charge in [-0.15, -0.1) is 0 Å². The van der Waals surface area contributed by atoms with Crippen molar-refractivity contribution < 1.29 is 19.4 Å². The maximum atomic E-state index is 12.6. The predicted molar refractivity (Wildman–Crippen MR) is 101 cm³/mol. The number of nitrogens with one attached hydrogen (secondary N) is 2. The van der Waals surface area contributed by atoms with Gasteiger partial charge in [-0.05, 0) is 42.0 Å². The third-order valence-electron chi connectivity index (χ3n) is 4.20. The van der Waals surface area contributed by atoms with E-state index >= 15 is 0 Å². The van der Waals surface area contributed by atoms with Crippen molar-refractivity contribution in [3.05, 3.63) is 65.9 Å². The van der Waals surface area contributed by atoms with Gasteiger partial charge >= 0.3 is 0 Å². The van der Waals surface area contributed by atoms with Gasteiger partial charge in [0.05, 0.1) is 37.8 Å². The van der Waals surface area contributed by atoms with Crippen molar-refractivity contribution in [2.45, 2.75) is 6.10 Å². The van der Waals surface area contributed by atoms with Crippen LogP contribution in [0.4, 0.5) is 0 Å². The van der Waals surface area contributed by atoms with Gasteiger partial charge in [0, 0.05) is 12.1 Å². The molecule has 2 aromatic carbocycles. The highest BCUT2D eigenvalue weighted by atomic mass is 16.5. The van der Waals surface area contributed by atoms with Crippen LogP contribution >= 0.6 is 0 Å². The monoisotopic (exact) mass is 367 g/mol. The van der Waals surface area contributed by atoms with E-state index in [1.807, 2.05) is 24.3 Å². The van der Waals surface area contributed by atoms with Gasteiger partial charge in [-0.1, -0.05) is 12.1 Å². The molecule has 1 amide bonds. The number of aliphatic hydroxyl groups is 1. The highest BCUT2D eigenvalue weighted by molar-refractivity contribution is 5.99. The smallest absolute Gasteiger partial charge is 0.255 e. The molecule has 0 aliphatic rings. The van der Waals surface area contributed by atoms with Crippen molar-refractivity contribution in [2.24, 2.45) is 0 Å². The highest BCUT2D eigenvalue weighted by Crippen LogP contribution is 2.24. The molecule has 3 rings (SSSR count). The number of benzene rings is 2. The molecule has 0 bridgehead atoms. The normalized spacial score (nSPS) is 11.7. The molecule has 1 heterocycles. The maximum absolute atomic E-state index is 12.6. The lowest BCUT2D eigenvalue weighted by molar-refractivity contribution is 0.0917. The molecule has 3 aromatic rings. The van der Waals surface area contributed by atoms with E-state index in [-0.39, 0.29) is 12.5 Å². The number of aromatic amines is 1. The maximum Gasteiger partial charge on any atom is 0.255 e. The fraction of sp³-hybridized carbons (Fsp3) is 0.200. The Morgan fingerprint density at radius 3 is 2.59 bits per heavy atom. The molecule has 0 aliphatic heterocycles. The molecular weight excluding hydrogens is 346 g/mol. The molecule has 7 nitrogen and oxygen atoms in total. The summed E-state index contributed by atoms with van der Waals surface area (Å²) >= 11 is 0. The number of rotatable bonds is 7. The fourth-order valence-corrected chi connectivity index (χ4v) is 2.69. The summed E-state index contributed by atoms with van der Waals surface area (Å²) in [4.78, 5) is 12.6. The highest BCUT2D eigenvalue weighted by Gasteiger charge is 2.17. The molecule has 1 unspecified atom stereocenters. The van der Waals surface area contributed by atoms with Gasteiger partial charge in [0.25, 0.3) is 5.91 Å². The van der Waals surface area contributed by atoms with Crippen LogP contribution in [0, 0.1) is 0 Å². The summed E-state index contributed by atoms with van der Waals surface area (Å²) in [6.07, 6.45) is 0.618. The Bertz CT molecular complexity index is 906. The number of H-pyrrole nitrogens is 1. The quantitative estimate of drug-likeness (QED) is 0.596. The molecule has 27 heavy (non-hydrogen) atoms. The Morgan fingerprint density at radius 1 is 1.15 bits per heavy atom. The number of carbonyl (C=O) groups is 1. The van der Waals surface area contributed by atoms with E-state index in [2.05, 4.69) is 15.5 Å². The summed E-state index contributed by atoms with van der Waals surface area (Å²) < 4.78 is 10.3. The lowest BCUT2D eigenvalue weighted by Crippen LogP contribution is -2.28. The summed E-state index contributed by atoms with van der Waals surface area (Å²) in [5, 5.41) is 19.9. The van der Waals surface area contributed by atoms with Gasteiger partial charge < -0.3 is 19.9 Å². The Hall–Kier alpha value is -3.32. The Morgan fingerprint density at radius 2 is 1.89 bits per heavy atom. The van der Waals surface area contributed by atoms with Crippen molar-refractivity contribution in [3.63, 3.8) is 0 Å². The van der Waals surface area contributed by atoms with Gasteiger partial charge in [0.15, 0.2) is 0 Å².